The fraction of sp³-hybridized carbons (Fsp3) is 0. The minimum Gasteiger partial charge on any atom is -0.308 e. The van der Waals surface area contributed by atoms with Gasteiger partial charge in [0.05, 0.1) is 17.9 Å². The molecule has 56 valence electrons. The smallest absolute Gasteiger partial charge is 0.103 e. The Morgan fingerprint density at radius 2 is 2.27 bits per heavy atom. The summed E-state index contributed by atoms with van der Waals surface area (Å²) in [5.41, 5.74) is 1.11. The molecule has 0 saturated heterocycles. The first-order valence-corrected chi connectivity index (χ1v) is 4.92. The topological polar surface area (TPSA) is 17.3 Å². The number of hydrogen-bond acceptors (Lipinski definition) is 1. The zero-order chi connectivity index (χ0) is 7.84. The first kappa shape index (κ1) is 7.54. The highest BCUT2D eigenvalue weighted by molar-refractivity contribution is 14.1. The van der Waals surface area contributed by atoms with Gasteiger partial charge in [0.1, 0.15) is 3.70 Å². The van der Waals surface area contributed by atoms with E-state index >= 15 is 0 Å². The molecule has 2 aromatic heterocycles. The number of aromatic nitrogens is 2. The molecule has 0 aliphatic heterocycles. The SMILES string of the molecule is Brc1ccn2c(I)cncc12. The standard InChI is InChI=1S/C7H4BrIN2/c8-5-1-2-11-6(5)3-10-4-7(11)9/h1-4H. The van der Waals surface area contributed by atoms with Crippen LogP contribution in [0.15, 0.2) is 29.1 Å². The monoisotopic (exact) mass is 322 g/mol. The van der Waals surface area contributed by atoms with Crippen molar-refractivity contribution < 1.29 is 0 Å². The molecule has 0 radical (unpaired) electrons. The lowest BCUT2D eigenvalue weighted by Crippen LogP contribution is -1.88. The van der Waals surface area contributed by atoms with Gasteiger partial charge in [0.25, 0.3) is 0 Å². The third-order valence-corrected chi connectivity index (χ3v) is 2.95. The van der Waals surface area contributed by atoms with Gasteiger partial charge in [0.15, 0.2) is 0 Å². The second kappa shape index (κ2) is 2.75. The lowest BCUT2D eigenvalue weighted by atomic mass is 10.5. The van der Waals surface area contributed by atoms with Crippen LogP contribution in [0.1, 0.15) is 0 Å². The van der Waals surface area contributed by atoms with Crippen LogP contribution >= 0.6 is 38.5 Å². The zero-order valence-electron chi connectivity index (χ0n) is 5.46. The molecule has 0 bridgehead atoms. The molecule has 4 heteroatoms. The van der Waals surface area contributed by atoms with E-state index in [9.17, 15) is 0 Å². The molecule has 0 aliphatic carbocycles. The van der Waals surface area contributed by atoms with Gasteiger partial charge in [-0.15, -0.1) is 0 Å². The molecule has 2 heterocycles. The summed E-state index contributed by atoms with van der Waals surface area (Å²) < 4.78 is 4.28. The van der Waals surface area contributed by atoms with E-state index in [4.69, 9.17) is 0 Å². The van der Waals surface area contributed by atoms with Crippen molar-refractivity contribution in [2.75, 3.05) is 0 Å². The molecular formula is C7H4BrIN2. The minimum atomic E-state index is 1.09. The summed E-state index contributed by atoms with van der Waals surface area (Å²) in [6, 6.07) is 2.01. The van der Waals surface area contributed by atoms with Crippen LogP contribution in [0.2, 0.25) is 0 Å². The van der Waals surface area contributed by atoms with Crippen molar-refractivity contribution in [3.05, 3.63) is 32.8 Å². The Hall–Kier alpha value is -0.100. The Morgan fingerprint density at radius 1 is 1.45 bits per heavy atom. The summed E-state index contributed by atoms with van der Waals surface area (Å²) in [4.78, 5) is 4.09. The summed E-state index contributed by atoms with van der Waals surface area (Å²) in [5.74, 6) is 0. The van der Waals surface area contributed by atoms with Gasteiger partial charge < -0.3 is 4.40 Å². The van der Waals surface area contributed by atoms with E-state index in [-0.39, 0.29) is 0 Å². The summed E-state index contributed by atoms with van der Waals surface area (Å²) in [7, 11) is 0. The highest BCUT2D eigenvalue weighted by Gasteiger charge is 2.00. The minimum absolute atomic E-state index is 1.09. The molecular weight excluding hydrogens is 319 g/mol. The van der Waals surface area contributed by atoms with Crippen molar-refractivity contribution in [2.45, 2.75) is 0 Å². The van der Waals surface area contributed by atoms with Crippen molar-refractivity contribution in [1.82, 2.24) is 9.38 Å². The van der Waals surface area contributed by atoms with E-state index in [1.165, 1.54) is 0 Å². The summed E-state index contributed by atoms with van der Waals surface area (Å²) >= 11 is 5.69. The Balaban J connectivity index is 2.94. The first-order chi connectivity index (χ1) is 5.29. The Morgan fingerprint density at radius 3 is 3.00 bits per heavy atom. The number of halogens is 2. The Kier molecular flexibility index (Phi) is 1.88. The van der Waals surface area contributed by atoms with Crippen LogP contribution in [0, 0.1) is 3.70 Å². The van der Waals surface area contributed by atoms with Crippen LogP contribution in [0.5, 0.6) is 0 Å². The molecule has 0 aromatic carbocycles. The number of hydrogen-bond donors (Lipinski definition) is 0. The normalized spacial score (nSPS) is 10.7. The van der Waals surface area contributed by atoms with Crippen LogP contribution in [-0.2, 0) is 0 Å². The fourth-order valence-corrected chi connectivity index (χ4v) is 1.96. The van der Waals surface area contributed by atoms with Gasteiger partial charge in [0, 0.05) is 10.7 Å². The van der Waals surface area contributed by atoms with E-state index < -0.39 is 0 Å². The predicted molar refractivity (Wildman–Crippen MR) is 55.6 cm³/mol. The molecule has 2 nitrogen and oxygen atoms in total. The van der Waals surface area contributed by atoms with Gasteiger partial charge in [-0.05, 0) is 44.6 Å². The van der Waals surface area contributed by atoms with Crippen LogP contribution < -0.4 is 0 Å². The highest BCUT2D eigenvalue weighted by Crippen LogP contribution is 2.19. The Labute approximate surface area is 85.9 Å². The Bertz CT molecular complexity index is 396. The summed E-state index contributed by atoms with van der Waals surface area (Å²) in [6.07, 6.45) is 5.69. The van der Waals surface area contributed by atoms with E-state index in [2.05, 4.69) is 47.9 Å². The van der Waals surface area contributed by atoms with Gasteiger partial charge >= 0.3 is 0 Å². The molecule has 2 rings (SSSR count). The van der Waals surface area contributed by atoms with Crippen molar-refractivity contribution in [2.24, 2.45) is 0 Å². The molecule has 0 N–H and O–H groups in total. The number of nitrogens with zero attached hydrogens (tertiary/aromatic N) is 2. The van der Waals surface area contributed by atoms with Crippen molar-refractivity contribution >= 4 is 44.0 Å². The largest absolute Gasteiger partial charge is 0.308 e. The van der Waals surface area contributed by atoms with Crippen LogP contribution in [0.25, 0.3) is 5.52 Å². The van der Waals surface area contributed by atoms with Gasteiger partial charge in [-0.3, -0.25) is 4.98 Å². The van der Waals surface area contributed by atoms with Gasteiger partial charge in [0.2, 0.25) is 0 Å². The lowest BCUT2D eigenvalue weighted by molar-refractivity contribution is 1.09. The average molecular weight is 323 g/mol. The average Bonchev–Trinajstić information content (AvgIpc) is 2.35. The van der Waals surface area contributed by atoms with Gasteiger partial charge in [-0.25, -0.2) is 0 Å². The first-order valence-electron chi connectivity index (χ1n) is 3.05. The highest BCUT2D eigenvalue weighted by atomic mass is 127. The number of fused-ring (bicyclic) bond motifs is 1. The van der Waals surface area contributed by atoms with Gasteiger partial charge in [-0.2, -0.15) is 0 Å². The van der Waals surface area contributed by atoms with Crippen molar-refractivity contribution in [1.29, 1.82) is 0 Å². The molecule has 0 unspecified atom stereocenters. The van der Waals surface area contributed by atoms with Gasteiger partial charge in [-0.1, -0.05) is 0 Å². The van der Waals surface area contributed by atoms with Crippen LogP contribution in [0.4, 0.5) is 0 Å². The van der Waals surface area contributed by atoms with Crippen LogP contribution in [-0.4, -0.2) is 9.38 Å². The maximum atomic E-state index is 4.09. The molecule has 0 amide bonds. The van der Waals surface area contributed by atoms with E-state index in [1.807, 2.05) is 24.7 Å². The van der Waals surface area contributed by atoms with E-state index in [0.717, 1.165) is 13.7 Å². The summed E-state index contributed by atoms with van der Waals surface area (Å²) in [5, 5.41) is 0. The molecule has 0 atom stereocenters. The van der Waals surface area contributed by atoms with E-state index in [1.54, 1.807) is 0 Å². The van der Waals surface area contributed by atoms with Crippen molar-refractivity contribution in [3.8, 4) is 0 Å². The predicted octanol–water partition coefficient (Wildman–Crippen LogP) is 2.70. The lowest BCUT2D eigenvalue weighted by Gasteiger charge is -1.96. The fourth-order valence-electron chi connectivity index (χ4n) is 0.962. The quantitative estimate of drug-likeness (QED) is 0.682. The molecule has 2 aromatic rings. The third-order valence-electron chi connectivity index (χ3n) is 1.48. The second-order valence-electron chi connectivity index (χ2n) is 2.15. The molecule has 0 spiro atoms. The zero-order valence-corrected chi connectivity index (χ0v) is 9.20. The summed E-state index contributed by atoms with van der Waals surface area (Å²) in [6.45, 7) is 0. The molecule has 0 fully saturated rings. The molecule has 0 aliphatic rings. The van der Waals surface area contributed by atoms with Crippen LogP contribution in [0.3, 0.4) is 0 Å². The third kappa shape index (κ3) is 1.18. The molecule has 11 heavy (non-hydrogen) atoms. The maximum Gasteiger partial charge on any atom is 0.103 e. The van der Waals surface area contributed by atoms with E-state index in [0.29, 0.717) is 0 Å². The maximum absolute atomic E-state index is 4.09. The number of rotatable bonds is 0. The van der Waals surface area contributed by atoms with Crippen molar-refractivity contribution in [3.63, 3.8) is 0 Å². The second-order valence-corrected chi connectivity index (χ2v) is 4.11. The molecule has 0 saturated carbocycles.